The second-order valence-corrected chi connectivity index (χ2v) is 6.82. The van der Waals surface area contributed by atoms with Crippen LogP contribution in [0.3, 0.4) is 0 Å². The van der Waals surface area contributed by atoms with Gasteiger partial charge in [0.1, 0.15) is 5.76 Å². The van der Waals surface area contributed by atoms with Crippen LogP contribution < -0.4 is 0 Å². The molecule has 4 heteroatoms. The normalized spacial score (nSPS) is 12.8. The highest BCUT2D eigenvalue weighted by Gasteiger charge is 2.18. The van der Waals surface area contributed by atoms with Crippen LogP contribution in [0.1, 0.15) is 34.4 Å². The van der Waals surface area contributed by atoms with Gasteiger partial charge in [-0.25, -0.2) is 0 Å². The van der Waals surface area contributed by atoms with Crippen molar-refractivity contribution in [2.45, 2.75) is 38.8 Å². The molecule has 1 aliphatic rings. The summed E-state index contributed by atoms with van der Waals surface area (Å²) in [6, 6.07) is 14.1. The summed E-state index contributed by atoms with van der Waals surface area (Å²) in [5, 5.41) is 0. The van der Waals surface area contributed by atoms with E-state index in [0.29, 0.717) is 19.5 Å². The van der Waals surface area contributed by atoms with E-state index in [4.69, 9.17) is 4.42 Å². The van der Waals surface area contributed by atoms with Gasteiger partial charge in [0, 0.05) is 18.9 Å². The van der Waals surface area contributed by atoms with Crippen molar-refractivity contribution in [3.63, 3.8) is 0 Å². The van der Waals surface area contributed by atoms with Gasteiger partial charge in [0.2, 0.25) is 5.91 Å². The number of fused-ring (bicyclic) bond motifs is 1. The number of furan rings is 1. The Morgan fingerprint density at radius 3 is 2.77 bits per heavy atom. The number of benzene rings is 1. The molecular weight excluding hydrogens is 324 g/mol. The number of rotatable bonds is 6. The van der Waals surface area contributed by atoms with E-state index in [1.54, 1.807) is 18.7 Å². The lowest BCUT2D eigenvalue weighted by Crippen LogP contribution is -2.31. The summed E-state index contributed by atoms with van der Waals surface area (Å²) in [5.41, 5.74) is 4.94. The number of hydrogen-bond donors (Lipinski definition) is 0. The molecule has 0 saturated heterocycles. The zero-order valence-corrected chi connectivity index (χ0v) is 14.7. The molecule has 0 spiro atoms. The molecule has 2 aromatic heterocycles. The number of carbonyl (C=O) groups is 1. The Balaban J connectivity index is 1.51. The molecule has 1 amide bonds. The molecule has 0 radical (unpaired) electrons. The van der Waals surface area contributed by atoms with E-state index in [1.807, 2.05) is 29.2 Å². The van der Waals surface area contributed by atoms with Crippen LogP contribution in [0.15, 0.2) is 65.5 Å². The van der Waals surface area contributed by atoms with E-state index < -0.39 is 0 Å². The maximum atomic E-state index is 13.0. The van der Waals surface area contributed by atoms with Crippen molar-refractivity contribution >= 4 is 5.91 Å². The van der Waals surface area contributed by atoms with Gasteiger partial charge in [0.05, 0.1) is 19.2 Å². The van der Waals surface area contributed by atoms with Crippen molar-refractivity contribution in [1.82, 2.24) is 9.88 Å². The Hall–Kier alpha value is -2.88. The molecule has 132 valence electrons. The van der Waals surface area contributed by atoms with E-state index in [1.165, 1.54) is 17.5 Å². The van der Waals surface area contributed by atoms with Gasteiger partial charge in [-0.3, -0.25) is 9.78 Å². The van der Waals surface area contributed by atoms with Crippen LogP contribution in [0.2, 0.25) is 0 Å². The highest BCUT2D eigenvalue weighted by Crippen LogP contribution is 2.23. The second kappa shape index (κ2) is 7.56. The first kappa shape index (κ1) is 16.6. The van der Waals surface area contributed by atoms with Crippen molar-refractivity contribution in [3.8, 4) is 0 Å². The molecule has 4 nitrogen and oxygen atoms in total. The lowest BCUT2D eigenvalue weighted by atomic mass is 10.0. The molecule has 0 bridgehead atoms. The van der Waals surface area contributed by atoms with E-state index in [9.17, 15) is 4.79 Å². The molecule has 1 aliphatic carbocycles. The van der Waals surface area contributed by atoms with Gasteiger partial charge < -0.3 is 9.32 Å². The maximum Gasteiger partial charge on any atom is 0.227 e. The lowest BCUT2D eigenvalue weighted by Gasteiger charge is -2.22. The predicted molar refractivity (Wildman–Crippen MR) is 99.4 cm³/mol. The lowest BCUT2D eigenvalue weighted by molar-refractivity contribution is -0.132. The van der Waals surface area contributed by atoms with Crippen LogP contribution in [0.25, 0.3) is 0 Å². The Kier molecular flexibility index (Phi) is 4.82. The van der Waals surface area contributed by atoms with Crippen LogP contribution in [0, 0.1) is 0 Å². The van der Waals surface area contributed by atoms with Crippen LogP contribution in [-0.2, 0) is 37.1 Å². The number of amides is 1. The fourth-order valence-corrected chi connectivity index (χ4v) is 3.56. The van der Waals surface area contributed by atoms with Crippen molar-refractivity contribution in [1.29, 1.82) is 0 Å². The molecule has 0 atom stereocenters. The maximum absolute atomic E-state index is 13.0. The Bertz CT molecular complexity index is 872. The number of aromatic nitrogens is 1. The molecule has 0 N–H and O–H groups in total. The van der Waals surface area contributed by atoms with Crippen LogP contribution in [-0.4, -0.2) is 15.8 Å². The van der Waals surface area contributed by atoms with Crippen LogP contribution in [0.5, 0.6) is 0 Å². The van der Waals surface area contributed by atoms with E-state index >= 15 is 0 Å². The first-order valence-corrected chi connectivity index (χ1v) is 9.08. The monoisotopic (exact) mass is 346 g/mol. The van der Waals surface area contributed by atoms with E-state index in [-0.39, 0.29) is 5.91 Å². The molecule has 0 aliphatic heterocycles. The summed E-state index contributed by atoms with van der Waals surface area (Å²) in [6.45, 7) is 0.990. The SMILES string of the molecule is O=C(Cc1ccc2c(c1)CCC2)N(Cc1cccnc1)Cc1ccco1. The number of aryl methyl sites for hydroxylation is 2. The number of carbonyl (C=O) groups excluding carboxylic acids is 1. The topological polar surface area (TPSA) is 46.3 Å². The van der Waals surface area contributed by atoms with Gasteiger partial charge in [-0.2, -0.15) is 0 Å². The highest BCUT2D eigenvalue weighted by molar-refractivity contribution is 5.78. The highest BCUT2D eigenvalue weighted by atomic mass is 16.3. The van der Waals surface area contributed by atoms with Gasteiger partial charge in [-0.1, -0.05) is 24.3 Å². The first-order valence-electron chi connectivity index (χ1n) is 9.08. The molecule has 0 unspecified atom stereocenters. The molecule has 26 heavy (non-hydrogen) atoms. The van der Waals surface area contributed by atoms with Crippen molar-refractivity contribution in [3.05, 3.63) is 89.1 Å². The van der Waals surface area contributed by atoms with Crippen LogP contribution >= 0.6 is 0 Å². The minimum atomic E-state index is 0.100. The van der Waals surface area contributed by atoms with Crippen molar-refractivity contribution in [2.24, 2.45) is 0 Å². The van der Waals surface area contributed by atoms with Gasteiger partial charge in [-0.05, 0) is 59.7 Å². The molecule has 1 aromatic carbocycles. The average molecular weight is 346 g/mol. The zero-order valence-electron chi connectivity index (χ0n) is 14.7. The van der Waals surface area contributed by atoms with Gasteiger partial charge in [-0.15, -0.1) is 0 Å². The summed E-state index contributed by atoms with van der Waals surface area (Å²) in [7, 11) is 0. The van der Waals surface area contributed by atoms with Gasteiger partial charge in [0.25, 0.3) is 0 Å². The zero-order chi connectivity index (χ0) is 17.8. The molecular formula is C22H22N2O2. The van der Waals surface area contributed by atoms with Crippen molar-refractivity contribution < 1.29 is 9.21 Å². The van der Waals surface area contributed by atoms with Crippen LogP contribution in [0.4, 0.5) is 0 Å². The summed E-state index contributed by atoms with van der Waals surface area (Å²) >= 11 is 0. The fourth-order valence-electron chi connectivity index (χ4n) is 3.56. The molecule has 3 aromatic rings. The minimum absolute atomic E-state index is 0.100. The Morgan fingerprint density at radius 1 is 1.04 bits per heavy atom. The first-order chi connectivity index (χ1) is 12.8. The van der Waals surface area contributed by atoms with E-state index in [0.717, 1.165) is 29.7 Å². The predicted octanol–water partition coefficient (Wildman–Crippen LogP) is 3.93. The quantitative estimate of drug-likeness (QED) is 0.679. The number of pyridine rings is 1. The standard InChI is InChI=1S/C22H22N2O2/c25-22(13-17-8-9-19-5-1-6-20(19)12-17)24(16-21-7-3-11-26-21)15-18-4-2-10-23-14-18/h2-4,7-12,14H,1,5-6,13,15-16H2. The second-order valence-electron chi connectivity index (χ2n) is 6.82. The Labute approximate surface area is 153 Å². The molecule has 0 fully saturated rings. The summed E-state index contributed by atoms with van der Waals surface area (Å²) in [5.74, 6) is 0.888. The summed E-state index contributed by atoms with van der Waals surface area (Å²) in [6.07, 6.45) is 9.11. The smallest absolute Gasteiger partial charge is 0.227 e. The minimum Gasteiger partial charge on any atom is -0.467 e. The molecule has 4 rings (SSSR count). The average Bonchev–Trinajstić information content (AvgIpc) is 3.33. The third kappa shape index (κ3) is 3.85. The number of nitrogens with zero attached hydrogens (tertiary/aromatic N) is 2. The third-order valence-corrected chi connectivity index (χ3v) is 4.89. The van der Waals surface area contributed by atoms with E-state index in [2.05, 4.69) is 23.2 Å². The number of hydrogen-bond acceptors (Lipinski definition) is 3. The largest absolute Gasteiger partial charge is 0.467 e. The van der Waals surface area contributed by atoms with Crippen molar-refractivity contribution in [2.75, 3.05) is 0 Å². The third-order valence-electron chi connectivity index (χ3n) is 4.89. The molecule has 2 heterocycles. The Morgan fingerprint density at radius 2 is 1.96 bits per heavy atom. The summed E-state index contributed by atoms with van der Waals surface area (Å²) in [4.78, 5) is 19.0. The summed E-state index contributed by atoms with van der Waals surface area (Å²) < 4.78 is 5.45. The fraction of sp³-hybridized carbons (Fsp3) is 0.273. The van der Waals surface area contributed by atoms with Gasteiger partial charge in [0.15, 0.2) is 0 Å². The van der Waals surface area contributed by atoms with Gasteiger partial charge >= 0.3 is 0 Å². The molecule has 0 saturated carbocycles.